The van der Waals surface area contributed by atoms with Crippen LogP contribution in [0.3, 0.4) is 0 Å². The van der Waals surface area contributed by atoms with Crippen LogP contribution in [0.25, 0.3) is 0 Å². The number of carbonyl (C=O) groups is 1. The van der Waals surface area contributed by atoms with Crippen LogP contribution in [0.15, 0.2) is 0 Å². The SMILES string of the molecule is O=C(CI)OCC[NH+]1CCS(=O)(=O)CC1. The van der Waals surface area contributed by atoms with Crippen molar-refractivity contribution < 1.29 is 22.8 Å². The van der Waals surface area contributed by atoms with Gasteiger partial charge in [-0.3, -0.25) is 4.79 Å². The van der Waals surface area contributed by atoms with Crippen molar-refractivity contribution in [2.24, 2.45) is 0 Å². The van der Waals surface area contributed by atoms with Crippen molar-refractivity contribution in [1.82, 2.24) is 0 Å². The van der Waals surface area contributed by atoms with Gasteiger partial charge < -0.3 is 9.64 Å². The van der Waals surface area contributed by atoms with Gasteiger partial charge in [-0.2, -0.15) is 0 Å². The Morgan fingerprint density at radius 1 is 1.33 bits per heavy atom. The molecule has 1 saturated heterocycles. The van der Waals surface area contributed by atoms with E-state index < -0.39 is 9.84 Å². The van der Waals surface area contributed by atoms with E-state index in [9.17, 15) is 13.2 Å². The number of ether oxygens (including phenoxy) is 1. The summed E-state index contributed by atoms with van der Waals surface area (Å²) in [4.78, 5) is 12.0. The van der Waals surface area contributed by atoms with Crippen LogP contribution in [0.5, 0.6) is 0 Å². The second-order valence-electron chi connectivity index (χ2n) is 3.51. The van der Waals surface area contributed by atoms with Gasteiger partial charge in [-0.05, 0) is 0 Å². The minimum absolute atomic E-state index is 0.209. The lowest BCUT2D eigenvalue weighted by Gasteiger charge is -2.23. The molecule has 1 heterocycles. The number of nitrogens with one attached hydrogen (secondary N) is 1. The molecule has 0 radical (unpaired) electrons. The van der Waals surface area contributed by atoms with E-state index in [1.807, 2.05) is 22.6 Å². The summed E-state index contributed by atoms with van der Waals surface area (Å²) < 4.78 is 27.5. The van der Waals surface area contributed by atoms with Crippen molar-refractivity contribution in [3.05, 3.63) is 0 Å². The zero-order valence-electron chi connectivity index (χ0n) is 8.37. The molecule has 0 aromatic carbocycles. The fraction of sp³-hybridized carbons (Fsp3) is 0.875. The topological polar surface area (TPSA) is 64.9 Å². The number of rotatable bonds is 4. The minimum atomic E-state index is -2.79. The Bertz CT molecular complexity index is 303. The number of carbonyl (C=O) groups excluding carboxylic acids is 1. The van der Waals surface area contributed by atoms with Crippen molar-refractivity contribution >= 4 is 38.4 Å². The van der Waals surface area contributed by atoms with Crippen LogP contribution in [0.1, 0.15) is 0 Å². The summed E-state index contributed by atoms with van der Waals surface area (Å²) >= 11 is 1.95. The number of alkyl halides is 1. The standard InChI is InChI=1S/C8H14INO4S/c9-7-8(11)14-4-1-10-2-5-15(12,13)6-3-10/h1-7H2/p+1. The molecule has 0 bridgehead atoms. The first-order valence-electron chi connectivity index (χ1n) is 4.79. The second kappa shape index (κ2) is 6.00. The smallest absolute Gasteiger partial charge is 0.315 e. The fourth-order valence-electron chi connectivity index (χ4n) is 1.42. The maximum absolute atomic E-state index is 11.1. The summed E-state index contributed by atoms with van der Waals surface area (Å²) in [5, 5.41) is 0. The van der Waals surface area contributed by atoms with Crippen molar-refractivity contribution in [3.63, 3.8) is 0 Å². The number of sulfone groups is 1. The van der Waals surface area contributed by atoms with Crippen molar-refractivity contribution in [3.8, 4) is 0 Å². The molecular formula is C8H15INO4S+. The van der Waals surface area contributed by atoms with E-state index in [1.165, 1.54) is 4.90 Å². The molecule has 0 unspecified atom stereocenters. The van der Waals surface area contributed by atoms with Crippen LogP contribution in [-0.2, 0) is 19.4 Å². The lowest BCUT2D eigenvalue weighted by molar-refractivity contribution is -0.896. The quantitative estimate of drug-likeness (QED) is 0.373. The minimum Gasteiger partial charge on any atom is -0.459 e. The molecular weight excluding hydrogens is 333 g/mol. The van der Waals surface area contributed by atoms with Gasteiger partial charge in [-0.25, -0.2) is 8.42 Å². The summed E-state index contributed by atoms with van der Waals surface area (Å²) in [6.45, 7) is 2.35. The van der Waals surface area contributed by atoms with Gasteiger partial charge in [-0.15, -0.1) is 0 Å². The number of quaternary nitrogens is 1. The van der Waals surface area contributed by atoms with E-state index >= 15 is 0 Å². The Hall–Kier alpha value is 0.110. The normalized spacial score (nSPS) is 21.1. The molecule has 1 rings (SSSR count). The average molecular weight is 348 g/mol. The van der Waals surface area contributed by atoms with Crippen LogP contribution in [0, 0.1) is 0 Å². The average Bonchev–Trinajstić information content (AvgIpc) is 2.20. The number of halogens is 1. The lowest BCUT2D eigenvalue weighted by atomic mass is 10.5. The van der Waals surface area contributed by atoms with Gasteiger partial charge in [0.1, 0.15) is 13.2 Å². The van der Waals surface area contributed by atoms with Gasteiger partial charge in [0, 0.05) is 0 Å². The highest BCUT2D eigenvalue weighted by Crippen LogP contribution is 1.90. The summed E-state index contributed by atoms with van der Waals surface area (Å²) in [6, 6.07) is 0. The van der Waals surface area contributed by atoms with Gasteiger partial charge in [0.2, 0.25) is 0 Å². The molecule has 1 N–H and O–H groups in total. The summed E-state index contributed by atoms with van der Waals surface area (Å²) in [6.07, 6.45) is 0. The maximum atomic E-state index is 11.1. The molecule has 0 amide bonds. The molecule has 1 aliphatic rings. The molecule has 0 aromatic rings. The highest BCUT2D eigenvalue weighted by Gasteiger charge is 2.24. The van der Waals surface area contributed by atoms with Gasteiger partial charge in [0.05, 0.1) is 29.0 Å². The van der Waals surface area contributed by atoms with E-state index in [2.05, 4.69) is 0 Å². The van der Waals surface area contributed by atoms with E-state index in [-0.39, 0.29) is 17.5 Å². The predicted molar refractivity (Wildman–Crippen MR) is 64.1 cm³/mol. The third-order valence-corrected chi connectivity index (χ3v) is 4.64. The van der Waals surface area contributed by atoms with E-state index in [1.54, 1.807) is 0 Å². The largest absolute Gasteiger partial charge is 0.459 e. The third kappa shape index (κ3) is 5.12. The van der Waals surface area contributed by atoms with Crippen LogP contribution < -0.4 is 4.90 Å². The Labute approximate surface area is 103 Å². The molecule has 15 heavy (non-hydrogen) atoms. The molecule has 88 valence electrons. The third-order valence-electron chi connectivity index (χ3n) is 2.36. The first kappa shape index (κ1) is 13.2. The molecule has 1 fully saturated rings. The molecule has 0 aliphatic carbocycles. The molecule has 0 aromatic heterocycles. The molecule has 7 heteroatoms. The zero-order valence-corrected chi connectivity index (χ0v) is 11.3. The number of hydrogen-bond donors (Lipinski definition) is 1. The van der Waals surface area contributed by atoms with Crippen molar-refractivity contribution in [1.29, 1.82) is 0 Å². The Morgan fingerprint density at radius 3 is 2.47 bits per heavy atom. The molecule has 0 saturated carbocycles. The molecule has 0 atom stereocenters. The van der Waals surface area contributed by atoms with Gasteiger partial charge in [-0.1, -0.05) is 22.6 Å². The predicted octanol–water partition coefficient (Wildman–Crippen LogP) is -1.72. The molecule has 0 spiro atoms. The Morgan fingerprint density at radius 2 is 1.93 bits per heavy atom. The van der Waals surface area contributed by atoms with E-state index in [0.29, 0.717) is 30.7 Å². The van der Waals surface area contributed by atoms with Gasteiger partial charge >= 0.3 is 5.97 Å². The van der Waals surface area contributed by atoms with Crippen molar-refractivity contribution in [2.45, 2.75) is 0 Å². The Balaban J connectivity index is 2.17. The monoisotopic (exact) mass is 348 g/mol. The van der Waals surface area contributed by atoms with Crippen LogP contribution >= 0.6 is 22.6 Å². The zero-order chi connectivity index (χ0) is 11.3. The highest BCUT2D eigenvalue weighted by molar-refractivity contribution is 14.1. The Kier molecular flexibility index (Phi) is 5.27. The maximum Gasteiger partial charge on any atom is 0.315 e. The van der Waals surface area contributed by atoms with E-state index in [4.69, 9.17) is 4.74 Å². The highest BCUT2D eigenvalue weighted by atomic mass is 127. The van der Waals surface area contributed by atoms with Gasteiger partial charge in [0.15, 0.2) is 9.84 Å². The van der Waals surface area contributed by atoms with Crippen LogP contribution in [0.2, 0.25) is 0 Å². The van der Waals surface area contributed by atoms with Crippen LogP contribution in [0.4, 0.5) is 0 Å². The summed E-state index contributed by atoms with van der Waals surface area (Å²) in [5.41, 5.74) is 0. The first-order chi connectivity index (χ1) is 7.03. The first-order valence-corrected chi connectivity index (χ1v) is 8.14. The van der Waals surface area contributed by atoms with Crippen molar-refractivity contribution in [2.75, 3.05) is 42.2 Å². The molecule has 5 nitrogen and oxygen atoms in total. The van der Waals surface area contributed by atoms with Gasteiger partial charge in [0.25, 0.3) is 0 Å². The fourth-order valence-corrected chi connectivity index (χ4v) is 3.05. The lowest BCUT2D eigenvalue weighted by Crippen LogP contribution is -3.14. The summed E-state index contributed by atoms with van der Waals surface area (Å²) in [5.74, 6) is 0.296. The number of hydrogen-bond acceptors (Lipinski definition) is 4. The second-order valence-corrected chi connectivity index (χ2v) is 6.57. The molecule has 1 aliphatic heterocycles. The summed E-state index contributed by atoms with van der Waals surface area (Å²) in [7, 11) is -2.79. The number of esters is 1. The van der Waals surface area contributed by atoms with Crippen LogP contribution in [-0.4, -0.2) is 56.6 Å². The van der Waals surface area contributed by atoms with E-state index in [0.717, 1.165) is 0 Å².